The Kier molecular flexibility index (Phi) is 5.35. The molecule has 0 radical (unpaired) electrons. The number of aryl methyl sites for hydroxylation is 1. The van der Waals surface area contributed by atoms with Gasteiger partial charge in [0.25, 0.3) is 5.56 Å². The average Bonchev–Trinajstić information content (AvgIpc) is 2.34. The second-order valence-electron chi connectivity index (χ2n) is 4.25. The molecule has 1 rings (SSSR count). The van der Waals surface area contributed by atoms with E-state index in [4.69, 9.17) is 0 Å². The molecular formula is C12H20N4O2. The summed E-state index contributed by atoms with van der Waals surface area (Å²) in [4.78, 5) is 27.0. The first kappa shape index (κ1) is 14.2. The van der Waals surface area contributed by atoms with Crippen LogP contribution in [0.4, 0.5) is 5.82 Å². The lowest BCUT2D eigenvalue weighted by atomic mass is 10.2. The van der Waals surface area contributed by atoms with E-state index < -0.39 is 0 Å². The molecule has 1 amide bonds. The fourth-order valence-corrected chi connectivity index (χ4v) is 1.36. The van der Waals surface area contributed by atoms with Crippen LogP contribution in [0.1, 0.15) is 26.7 Å². The summed E-state index contributed by atoms with van der Waals surface area (Å²) in [6.07, 6.45) is 4.36. The Morgan fingerprint density at radius 3 is 2.94 bits per heavy atom. The number of nitrogens with zero attached hydrogens (tertiary/aromatic N) is 2. The molecule has 18 heavy (non-hydrogen) atoms. The van der Waals surface area contributed by atoms with E-state index >= 15 is 0 Å². The zero-order valence-corrected chi connectivity index (χ0v) is 11.1. The highest BCUT2D eigenvalue weighted by atomic mass is 16.1. The van der Waals surface area contributed by atoms with Crippen molar-refractivity contribution >= 4 is 11.7 Å². The highest BCUT2D eigenvalue weighted by Crippen LogP contribution is 1.93. The van der Waals surface area contributed by atoms with E-state index in [1.54, 1.807) is 19.4 Å². The zero-order valence-electron chi connectivity index (χ0n) is 11.1. The van der Waals surface area contributed by atoms with E-state index in [1.165, 1.54) is 4.57 Å². The quantitative estimate of drug-likeness (QED) is 0.773. The summed E-state index contributed by atoms with van der Waals surface area (Å²) in [5.74, 6) is 0.251. The minimum absolute atomic E-state index is 0.0235. The van der Waals surface area contributed by atoms with Gasteiger partial charge in [-0.2, -0.15) is 0 Å². The lowest BCUT2D eigenvalue weighted by Gasteiger charge is -2.11. The van der Waals surface area contributed by atoms with Crippen molar-refractivity contribution in [1.82, 2.24) is 14.9 Å². The van der Waals surface area contributed by atoms with Crippen LogP contribution in [-0.4, -0.2) is 28.0 Å². The molecule has 1 heterocycles. The number of carbonyl (C=O) groups excluding carboxylic acids is 1. The van der Waals surface area contributed by atoms with Crippen LogP contribution in [0.3, 0.4) is 0 Å². The fourth-order valence-electron chi connectivity index (χ4n) is 1.36. The van der Waals surface area contributed by atoms with Crippen molar-refractivity contribution in [2.45, 2.75) is 32.7 Å². The first-order chi connectivity index (χ1) is 8.54. The molecule has 1 aromatic heterocycles. The molecule has 1 unspecified atom stereocenters. The summed E-state index contributed by atoms with van der Waals surface area (Å²) >= 11 is 0. The van der Waals surface area contributed by atoms with Crippen LogP contribution in [-0.2, 0) is 11.8 Å². The van der Waals surface area contributed by atoms with Crippen molar-refractivity contribution in [2.75, 3.05) is 11.9 Å². The Labute approximate surface area is 106 Å². The standard InChI is InChI=1S/C12H20N4O2/c1-4-9(2)15-10(17)5-6-13-11-12(18)16(3)8-7-14-11/h7-9H,4-6H2,1-3H3,(H,13,14)(H,15,17). The van der Waals surface area contributed by atoms with Crippen molar-refractivity contribution in [2.24, 2.45) is 7.05 Å². The van der Waals surface area contributed by atoms with Gasteiger partial charge in [0, 0.05) is 38.4 Å². The molecule has 0 saturated heterocycles. The number of hydrogen-bond acceptors (Lipinski definition) is 4. The van der Waals surface area contributed by atoms with Gasteiger partial charge in [-0.15, -0.1) is 0 Å². The molecule has 1 atom stereocenters. The maximum absolute atomic E-state index is 11.6. The van der Waals surface area contributed by atoms with Crippen LogP contribution >= 0.6 is 0 Å². The van der Waals surface area contributed by atoms with Gasteiger partial charge in [-0.05, 0) is 13.3 Å². The normalized spacial score (nSPS) is 11.9. The van der Waals surface area contributed by atoms with Gasteiger partial charge in [0.15, 0.2) is 5.82 Å². The van der Waals surface area contributed by atoms with Gasteiger partial charge >= 0.3 is 0 Å². The Bertz CT molecular complexity index is 456. The van der Waals surface area contributed by atoms with Crippen LogP contribution in [0.25, 0.3) is 0 Å². The lowest BCUT2D eigenvalue weighted by Crippen LogP contribution is -2.33. The fraction of sp³-hybridized carbons (Fsp3) is 0.583. The summed E-state index contributed by atoms with van der Waals surface area (Å²) in [5, 5.41) is 5.73. The van der Waals surface area contributed by atoms with E-state index in [2.05, 4.69) is 15.6 Å². The van der Waals surface area contributed by atoms with Gasteiger partial charge in [-0.3, -0.25) is 9.59 Å². The zero-order chi connectivity index (χ0) is 13.5. The summed E-state index contributed by atoms with van der Waals surface area (Å²) in [6.45, 7) is 4.37. The highest BCUT2D eigenvalue weighted by Gasteiger charge is 2.06. The molecule has 0 aliphatic heterocycles. The molecule has 0 spiro atoms. The van der Waals surface area contributed by atoms with Gasteiger partial charge in [-0.1, -0.05) is 6.92 Å². The van der Waals surface area contributed by atoms with Crippen molar-refractivity contribution in [3.8, 4) is 0 Å². The maximum Gasteiger partial charge on any atom is 0.293 e. The number of carbonyl (C=O) groups is 1. The van der Waals surface area contributed by atoms with Gasteiger partial charge < -0.3 is 15.2 Å². The summed E-state index contributed by atoms with van der Waals surface area (Å²) in [5.41, 5.74) is -0.195. The summed E-state index contributed by atoms with van der Waals surface area (Å²) in [6, 6.07) is 0.181. The predicted octanol–water partition coefficient (Wildman–Crippen LogP) is 0.497. The Morgan fingerprint density at radius 2 is 2.28 bits per heavy atom. The van der Waals surface area contributed by atoms with Gasteiger partial charge in [0.1, 0.15) is 0 Å². The van der Waals surface area contributed by atoms with Crippen molar-refractivity contribution in [3.05, 3.63) is 22.7 Å². The third kappa shape index (κ3) is 4.20. The number of anilines is 1. The molecule has 100 valence electrons. The minimum atomic E-state index is -0.195. The Balaban J connectivity index is 2.40. The highest BCUT2D eigenvalue weighted by molar-refractivity contribution is 5.76. The van der Waals surface area contributed by atoms with Crippen LogP contribution in [0.5, 0.6) is 0 Å². The monoisotopic (exact) mass is 252 g/mol. The van der Waals surface area contributed by atoms with E-state index in [9.17, 15) is 9.59 Å². The average molecular weight is 252 g/mol. The van der Waals surface area contributed by atoms with E-state index in [1.807, 2.05) is 13.8 Å². The van der Waals surface area contributed by atoms with E-state index in [-0.39, 0.29) is 23.3 Å². The number of nitrogens with one attached hydrogen (secondary N) is 2. The summed E-state index contributed by atoms with van der Waals surface area (Å²) < 4.78 is 1.44. The largest absolute Gasteiger partial charge is 0.365 e. The molecular weight excluding hydrogens is 232 g/mol. The van der Waals surface area contributed by atoms with Crippen molar-refractivity contribution < 1.29 is 4.79 Å². The Hall–Kier alpha value is -1.85. The third-order valence-corrected chi connectivity index (χ3v) is 2.68. The Morgan fingerprint density at radius 1 is 1.56 bits per heavy atom. The van der Waals surface area contributed by atoms with Crippen LogP contribution in [0, 0.1) is 0 Å². The molecule has 6 nitrogen and oxygen atoms in total. The van der Waals surface area contributed by atoms with Gasteiger partial charge in [-0.25, -0.2) is 4.98 Å². The van der Waals surface area contributed by atoms with Crippen molar-refractivity contribution in [3.63, 3.8) is 0 Å². The molecule has 0 saturated carbocycles. The molecule has 2 N–H and O–H groups in total. The predicted molar refractivity (Wildman–Crippen MR) is 70.5 cm³/mol. The van der Waals surface area contributed by atoms with Gasteiger partial charge in [0.2, 0.25) is 5.91 Å². The molecule has 0 aromatic carbocycles. The molecule has 0 fully saturated rings. The van der Waals surface area contributed by atoms with Crippen LogP contribution < -0.4 is 16.2 Å². The smallest absolute Gasteiger partial charge is 0.293 e. The first-order valence-corrected chi connectivity index (χ1v) is 6.09. The first-order valence-electron chi connectivity index (χ1n) is 6.09. The van der Waals surface area contributed by atoms with E-state index in [0.717, 1.165) is 6.42 Å². The second-order valence-corrected chi connectivity index (χ2v) is 4.25. The van der Waals surface area contributed by atoms with Crippen LogP contribution in [0.2, 0.25) is 0 Å². The third-order valence-electron chi connectivity index (χ3n) is 2.68. The SMILES string of the molecule is CCC(C)NC(=O)CCNc1nccn(C)c1=O. The lowest BCUT2D eigenvalue weighted by molar-refractivity contribution is -0.121. The number of hydrogen-bond donors (Lipinski definition) is 2. The maximum atomic E-state index is 11.6. The molecule has 1 aromatic rings. The van der Waals surface area contributed by atoms with Gasteiger partial charge in [0.05, 0.1) is 0 Å². The van der Waals surface area contributed by atoms with Crippen molar-refractivity contribution in [1.29, 1.82) is 0 Å². The topological polar surface area (TPSA) is 76.0 Å². The molecule has 0 aliphatic carbocycles. The molecule has 6 heteroatoms. The number of amides is 1. The minimum Gasteiger partial charge on any atom is -0.365 e. The van der Waals surface area contributed by atoms with Crippen LogP contribution in [0.15, 0.2) is 17.2 Å². The number of rotatable bonds is 6. The second kappa shape index (κ2) is 6.78. The summed E-state index contributed by atoms with van der Waals surface area (Å²) in [7, 11) is 1.66. The number of aromatic nitrogens is 2. The molecule has 0 aliphatic rings. The van der Waals surface area contributed by atoms with E-state index in [0.29, 0.717) is 13.0 Å². The molecule has 0 bridgehead atoms.